The summed E-state index contributed by atoms with van der Waals surface area (Å²) >= 11 is 0. The van der Waals surface area contributed by atoms with E-state index < -0.39 is 0 Å². The Bertz CT molecular complexity index is 753. The van der Waals surface area contributed by atoms with Gasteiger partial charge in [0.05, 0.1) is 24.1 Å². The fourth-order valence-electron chi connectivity index (χ4n) is 2.60. The number of aromatic nitrogens is 1. The Morgan fingerprint density at radius 1 is 1.19 bits per heavy atom. The van der Waals surface area contributed by atoms with E-state index in [9.17, 15) is 9.59 Å². The molecule has 26 heavy (non-hydrogen) atoms. The number of nitrogens with one attached hydrogen (secondary N) is 2. The van der Waals surface area contributed by atoms with E-state index in [0.29, 0.717) is 30.3 Å². The van der Waals surface area contributed by atoms with Crippen LogP contribution in [0.15, 0.2) is 42.6 Å². The lowest BCUT2D eigenvalue weighted by atomic mass is 10.2. The van der Waals surface area contributed by atoms with Gasteiger partial charge in [-0.2, -0.15) is 0 Å². The van der Waals surface area contributed by atoms with Crippen molar-refractivity contribution in [2.75, 3.05) is 23.8 Å². The molecule has 1 amide bonds. The van der Waals surface area contributed by atoms with Crippen molar-refractivity contribution in [3.8, 4) is 0 Å². The molecule has 0 spiro atoms. The van der Waals surface area contributed by atoms with Crippen molar-refractivity contribution >= 4 is 29.1 Å². The number of esters is 1. The molecule has 0 aliphatic carbocycles. The van der Waals surface area contributed by atoms with Crippen molar-refractivity contribution < 1.29 is 19.1 Å². The standard InChI is InChI=1S/C19H21N3O4/c1-2-25-19(24)13-5-7-14(8-6-13)21-17-10-9-15(12-20-17)22-18(23)16-4-3-11-26-16/h5-10,12,16H,2-4,11H2,1H3,(H,20,21)(H,22,23). The topological polar surface area (TPSA) is 89.6 Å². The van der Waals surface area contributed by atoms with Crippen LogP contribution in [-0.2, 0) is 14.3 Å². The minimum absolute atomic E-state index is 0.139. The summed E-state index contributed by atoms with van der Waals surface area (Å²) < 4.78 is 10.3. The maximum absolute atomic E-state index is 12.0. The highest BCUT2D eigenvalue weighted by Gasteiger charge is 2.23. The predicted octanol–water partition coefficient (Wildman–Crippen LogP) is 3.12. The van der Waals surface area contributed by atoms with Gasteiger partial charge in [0.1, 0.15) is 11.9 Å². The lowest BCUT2D eigenvalue weighted by molar-refractivity contribution is -0.124. The van der Waals surface area contributed by atoms with Crippen LogP contribution in [0.25, 0.3) is 0 Å². The number of rotatable bonds is 6. The molecule has 1 fully saturated rings. The van der Waals surface area contributed by atoms with E-state index in [2.05, 4.69) is 15.6 Å². The Balaban J connectivity index is 1.57. The molecule has 0 bridgehead atoms. The zero-order valence-corrected chi connectivity index (χ0v) is 14.5. The van der Waals surface area contributed by atoms with Gasteiger partial charge in [-0.3, -0.25) is 4.79 Å². The molecule has 1 aliphatic rings. The lowest BCUT2D eigenvalue weighted by Crippen LogP contribution is -2.26. The van der Waals surface area contributed by atoms with Crippen LogP contribution in [0.3, 0.4) is 0 Å². The summed E-state index contributed by atoms with van der Waals surface area (Å²) in [6.07, 6.45) is 2.88. The number of carbonyl (C=O) groups is 2. The molecule has 7 nitrogen and oxygen atoms in total. The SMILES string of the molecule is CCOC(=O)c1ccc(Nc2ccc(NC(=O)C3CCCO3)cn2)cc1. The van der Waals surface area contributed by atoms with E-state index in [1.54, 1.807) is 49.5 Å². The van der Waals surface area contributed by atoms with Gasteiger partial charge in [-0.1, -0.05) is 0 Å². The van der Waals surface area contributed by atoms with Crippen molar-refractivity contribution in [2.45, 2.75) is 25.9 Å². The van der Waals surface area contributed by atoms with Crippen LogP contribution in [-0.4, -0.2) is 36.2 Å². The van der Waals surface area contributed by atoms with Crippen LogP contribution >= 0.6 is 0 Å². The molecule has 3 rings (SSSR count). The highest BCUT2D eigenvalue weighted by atomic mass is 16.5. The number of hydrogen-bond acceptors (Lipinski definition) is 6. The van der Waals surface area contributed by atoms with E-state index in [1.807, 2.05) is 0 Å². The number of nitrogens with zero attached hydrogens (tertiary/aromatic N) is 1. The predicted molar refractivity (Wildman–Crippen MR) is 97.5 cm³/mol. The van der Waals surface area contributed by atoms with Crippen LogP contribution in [0.1, 0.15) is 30.1 Å². The molecule has 1 aromatic carbocycles. The van der Waals surface area contributed by atoms with Crippen molar-refractivity contribution in [3.63, 3.8) is 0 Å². The molecule has 7 heteroatoms. The summed E-state index contributed by atoms with van der Waals surface area (Å²) in [4.78, 5) is 27.9. The molecule has 1 unspecified atom stereocenters. The van der Waals surface area contributed by atoms with Gasteiger partial charge in [0, 0.05) is 12.3 Å². The first-order valence-corrected chi connectivity index (χ1v) is 8.58. The maximum atomic E-state index is 12.0. The average Bonchev–Trinajstić information content (AvgIpc) is 3.19. The third-order valence-corrected chi connectivity index (χ3v) is 3.92. The molecule has 1 aliphatic heterocycles. The van der Waals surface area contributed by atoms with E-state index in [0.717, 1.165) is 18.5 Å². The number of ether oxygens (including phenoxy) is 2. The molecule has 1 saturated heterocycles. The Labute approximate surface area is 151 Å². The number of pyridine rings is 1. The first-order valence-electron chi connectivity index (χ1n) is 8.58. The lowest BCUT2D eigenvalue weighted by Gasteiger charge is -2.11. The largest absolute Gasteiger partial charge is 0.462 e. The molecule has 0 radical (unpaired) electrons. The Kier molecular flexibility index (Phi) is 5.80. The van der Waals surface area contributed by atoms with Gasteiger partial charge in [-0.25, -0.2) is 9.78 Å². The van der Waals surface area contributed by atoms with Crippen LogP contribution in [0, 0.1) is 0 Å². The minimum atomic E-state index is -0.370. The van der Waals surface area contributed by atoms with Crippen molar-refractivity contribution in [2.24, 2.45) is 0 Å². The molecule has 2 N–H and O–H groups in total. The summed E-state index contributed by atoms with van der Waals surface area (Å²) in [6, 6.07) is 10.5. The fraction of sp³-hybridized carbons (Fsp3) is 0.316. The van der Waals surface area contributed by atoms with Crippen molar-refractivity contribution in [1.29, 1.82) is 0 Å². The van der Waals surface area contributed by atoms with Crippen molar-refractivity contribution in [3.05, 3.63) is 48.2 Å². The summed E-state index contributed by atoms with van der Waals surface area (Å²) in [5.41, 5.74) is 1.91. The van der Waals surface area contributed by atoms with E-state index in [4.69, 9.17) is 9.47 Å². The Hall–Kier alpha value is -2.93. The maximum Gasteiger partial charge on any atom is 0.338 e. The van der Waals surface area contributed by atoms with Crippen LogP contribution in [0.4, 0.5) is 17.2 Å². The second-order valence-electron chi connectivity index (χ2n) is 5.85. The number of carbonyl (C=O) groups excluding carboxylic acids is 2. The van der Waals surface area contributed by atoms with Gasteiger partial charge in [0.25, 0.3) is 5.91 Å². The smallest absolute Gasteiger partial charge is 0.338 e. The van der Waals surface area contributed by atoms with Gasteiger partial charge >= 0.3 is 5.97 Å². The van der Waals surface area contributed by atoms with Gasteiger partial charge in [0.15, 0.2) is 0 Å². The van der Waals surface area contributed by atoms with E-state index in [1.165, 1.54) is 0 Å². The van der Waals surface area contributed by atoms with Crippen LogP contribution in [0.2, 0.25) is 0 Å². The van der Waals surface area contributed by atoms with Crippen molar-refractivity contribution in [1.82, 2.24) is 4.98 Å². The Morgan fingerprint density at radius 2 is 1.96 bits per heavy atom. The molecule has 1 aromatic heterocycles. The van der Waals surface area contributed by atoms with Crippen LogP contribution in [0.5, 0.6) is 0 Å². The van der Waals surface area contributed by atoms with Gasteiger partial charge in [-0.15, -0.1) is 0 Å². The molecular weight excluding hydrogens is 334 g/mol. The third-order valence-electron chi connectivity index (χ3n) is 3.92. The quantitative estimate of drug-likeness (QED) is 0.774. The highest BCUT2D eigenvalue weighted by Crippen LogP contribution is 2.19. The normalized spacial score (nSPS) is 16.1. The molecule has 0 saturated carbocycles. The Morgan fingerprint density at radius 3 is 2.58 bits per heavy atom. The molecule has 136 valence electrons. The number of anilines is 3. The van der Waals surface area contributed by atoms with E-state index in [-0.39, 0.29) is 18.0 Å². The first-order chi connectivity index (χ1) is 12.7. The number of amides is 1. The zero-order chi connectivity index (χ0) is 18.4. The second-order valence-corrected chi connectivity index (χ2v) is 5.85. The van der Waals surface area contributed by atoms with Gasteiger partial charge < -0.3 is 20.1 Å². The average molecular weight is 355 g/mol. The first kappa shape index (κ1) is 17.9. The summed E-state index contributed by atoms with van der Waals surface area (Å²) in [5.74, 6) is 0.145. The monoisotopic (exact) mass is 355 g/mol. The fourth-order valence-corrected chi connectivity index (χ4v) is 2.60. The molecule has 2 aromatic rings. The molecular formula is C19H21N3O4. The summed E-state index contributed by atoms with van der Waals surface area (Å²) in [5, 5.41) is 5.94. The minimum Gasteiger partial charge on any atom is -0.462 e. The molecule has 1 atom stereocenters. The highest BCUT2D eigenvalue weighted by molar-refractivity contribution is 5.94. The number of benzene rings is 1. The third kappa shape index (κ3) is 4.58. The summed E-state index contributed by atoms with van der Waals surface area (Å²) in [6.45, 7) is 2.75. The van der Waals surface area contributed by atoms with E-state index >= 15 is 0 Å². The number of hydrogen-bond donors (Lipinski definition) is 2. The molecule has 2 heterocycles. The zero-order valence-electron chi connectivity index (χ0n) is 14.5. The van der Waals surface area contributed by atoms with Crippen LogP contribution < -0.4 is 10.6 Å². The van der Waals surface area contributed by atoms with Gasteiger partial charge in [-0.05, 0) is 56.2 Å². The second kappa shape index (κ2) is 8.44. The summed E-state index contributed by atoms with van der Waals surface area (Å²) in [7, 11) is 0. The van der Waals surface area contributed by atoms with Gasteiger partial charge in [0.2, 0.25) is 0 Å².